The fourth-order valence-electron chi connectivity index (χ4n) is 1.07. The van der Waals surface area contributed by atoms with E-state index in [1.807, 2.05) is 0 Å². The highest BCUT2D eigenvalue weighted by Gasteiger charge is 2.09. The van der Waals surface area contributed by atoms with Crippen molar-refractivity contribution in [2.45, 2.75) is 13.2 Å². The molecular formula is C10H13BrN2O3. The molecule has 0 aromatic carbocycles. The van der Waals surface area contributed by atoms with Gasteiger partial charge in [0.25, 0.3) is 5.91 Å². The Hall–Kier alpha value is -0.980. The van der Waals surface area contributed by atoms with E-state index in [0.717, 1.165) is 4.47 Å². The Balaban J connectivity index is 2.47. The predicted molar refractivity (Wildman–Crippen MR) is 61.9 cm³/mol. The Morgan fingerprint density at radius 3 is 3.06 bits per heavy atom. The molecule has 88 valence electrons. The summed E-state index contributed by atoms with van der Waals surface area (Å²) in [5, 5.41) is 11.8. The SMILES string of the molecule is CCOC(O)CNC(=O)c1cncc(Br)c1. The summed E-state index contributed by atoms with van der Waals surface area (Å²) in [6.45, 7) is 2.22. The Morgan fingerprint density at radius 2 is 2.44 bits per heavy atom. The Labute approximate surface area is 102 Å². The van der Waals surface area contributed by atoms with Crippen LogP contribution in [0.2, 0.25) is 0 Å². The van der Waals surface area contributed by atoms with E-state index in [0.29, 0.717) is 12.2 Å². The van der Waals surface area contributed by atoms with E-state index in [1.54, 1.807) is 19.2 Å². The first-order valence-electron chi connectivity index (χ1n) is 4.82. The summed E-state index contributed by atoms with van der Waals surface area (Å²) in [6, 6.07) is 1.65. The molecule has 6 heteroatoms. The average molecular weight is 289 g/mol. The Bertz CT molecular complexity index is 360. The number of aromatic nitrogens is 1. The first-order valence-corrected chi connectivity index (χ1v) is 5.61. The lowest BCUT2D eigenvalue weighted by atomic mass is 10.3. The third-order valence-electron chi connectivity index (χ3n) is 1.76. The van der Waals surface area contributed by atoms with Crippen LogP contribution < -0.4 is 5.32 Å². The van der Waals surface area contributed by atoms with Gasteiger partial charge in [0.05, 0.1) is 12.1 Å². The maximum absolute atomic E-state index is 11.6. The number of hydrogen-bond acceptors (Lipinski definition) is 4. The van der Waals surface area contributed by atoms with Gasteiger partial charge in [-0.25, -0.2) is 0 Å². The van der Waals surface area contributed by atoms with Gasteiger partial charge >= 0.3 is 0 Å². The number of hydrogen-bond donors (Lipinski definition) is 2. The van der Waals surface area contributed by atoms with E-state index in [2.05, 4.69) is 26.2 Å². The zero-order valence-electron chi connectivity index (χ0n) is 8.81. The van der Waals surface area contributed by atoms with E-state index in [1.165, 1.54) is 6.20 Å². The number of aliphatic hydroxyl groups excluding tert-OH is 1. The fourth-order valence-corrected chi connectivity index (χ4v) is 1.43. The largest absolute Gasteiger partial charge is 0.366 e. The standard InChI is InChI=1S/C10H13BrN2O3/c1-2-16-9(14)6-13-10(15)7-3-8(11)5-12-4-7/h3-5,9,14H,2,6H2,1H3,(H,13,15). The smallest absolute Gasteiger partial charge is 0.253 e. The quantitative estimate of drug-likeness (QED) is 0.791. The highest BCUT2D eigenvalue weighted by molar-refractivity contribution is 9.10. The molecule has 2 N–H and O–H groups in total. The monoisotopic (exact) mass is 288 g/mol. The van der Waals surface area contributed by atoms with Crippen LogP contribution in [0, 0.1) is 0 Å². The molecule has 1 rings (SSSR count). The van der Waals surface area contributed by atoms with Crippen LogP contribution in [0.5, 0.6) is 0 Å². The second-order valence-electron chi connectivity index (χ2n) is 3.01. The Kier molecular flexibility index (Phi) is 5.37. The van der Waals surface area contributed by atoms with Crippen molar-refractivity contribution in [3.8, 4) is 0 Å². The van der Waals surface area contributed by atoms with E-state index in [-0.39, 0.29) is 12.5 Å². The maximum atomic E-state index is 11.6. The lowest BCUT2D eigenvalue weighted by Gasteiger charge is -2.11. The number of pyridine rings is 1. The minimum absolute atomic E-state index is 0.0547. The van der Waals surface area contributed by atoms with Crippen LogP contribution in [0.15, 0.2) is 22.9 Å². The van der Waals surface area contributed by atoms with E-state index in [9.17, 15) is 9.90 Å². The number of rotatable bonds is 5. The molecule has 1 heterocycles. The molecule has 1 amide bonds. The van der Waals surface area contributed by atoms with Gasteiger partial charge in [0.15, 0.2) is 6.29 Å². The van der Waals surface area contributed by atoms with Crippen molar-refractivity contribution in [1.82, 2.24) is 10.3 Å². The van der Waals surface area contributed by atoms with Crippen molar-refractivity contribution in [1.29, 1.82) is 0 Å². The summed E-state index contributed by atoms with van der Waals surface area (Å²) in [5.74, 6) is -0.299. The van der Waals surface area contributed by atoms with Crippen LogP contribution in [0.4, 0.5) is 0 Å². The third-order valence-corrected chi connectivity index (χ3v) is 2.20. The summed E-state index contributed by atoms with van der Waals surface area (Å²) in [6.07, 6.45) is 2.06. The molecule has 0 aliphatic carbocycles. The van der Waals surface area contributed by atoms with Crippen molar-refractivity contribution >= 4 is 21.8 Å². The molecule has 1 aromatic heterocycles. The molecule has 0 bridgehead atoms. The normalized spacial score (nSPS) is 12.2. The minimum atomic E-state index is -0.978. The van der Waals surface area contributed by atoms with Gasteiger partial charge in [0, 0.05) is 23.5 Å². The number of amides is 1. The van der Waals surface area contributed by atoms with Crippen LogP contribution in [0.25, 0.3) is 0 Å². The van der Waals surface area contributed by atoms with Crippen LogP contribution in [0.3, 0.4) is 0 Å². The van der Waals surface area contributed by atoms with Gasteiger partial charge in [0.1, 0.15) is 0 Å². The number of carbonyl (C=O) groups excluding carboxylic acids is 1. The number of nitrogens with zero attached hydrogens (tertiary/aromatic N) is 1. The van der Waals surface area contributed by atoms with Crippen molar-refractivity contribution in [3.63, 3.8) is 0 Å². The molecule has 1 aromatic rings. The van der Waals surface area contributed by atoms with Gasteiger partial charge < -0.3 is 15.2 Å². The molecule has 0 saturated heterocycles. The van der Waals surface area contributed by atoms with Gasteiger partial charge in [-0.05, 0) is 28.9 Å². The van der Waals surface area contributed by atoms with Crippen molar-refractivity contribution in [2.24, 2.45) is 0 Å². The number of halogens is 1. The second-order valence-corrected chi connectivity index (χ2v) is 3.93. The summed E-state index contributed by atoms with van der Waals surface area (Å²) in [4.78, 5) is 15.4. The summed E-state index contributed by atoms with van der Waals surface area (Å²) in [5.41, 5.74) is 0.429. The second kappa shape index (κ2) is 6.57. The Morgan fingerprint density at radius 1 is 1.69 bits per heavy atom. The van der Waals surface area contributed by atoms with E-state index in [4.69, 9.17) is 4.74 Å². The highest BCUT2D eigenvalue weighted by atomic mass is 79.9. The number of nitrogens with one attached hydrogen (secondary N) is 1. The average Bonchev–Trinajstić information content (AvgIpc) is 2.26. The lowest BCUT2D eigenvalue weighted by Crippen LogP contribution is -2.33. The van der Waals surface area contributed by atoms with Crippen molar-refractivity contribution in [2.75, 3.05) is 13.2 Å². The third kappa shape index (κ3) is 4.26. The maximum Gasteiger partial charge on any atom is 0.253 e. The molecule has 1 unspecified atom stereocenters. The molecule has 1 atom stereocenters. The highest BCUT2D eigenvalue weighted by Crippen LogP contribution is 2.09. The van der Waals surface area contributed by atoms with Crippen molar-refractivity contribution in [3.05, 3.63) is 28.5 Å². The van der Waals surface area contributed by atoms with Gasteiger partial charge in [-0.15, -0.1) is 0 Å². The number of ether oxygens (including phenoxy) is 1. The van der Waals surface area contributed by atoms with Gasteiger partial charge in [-0.3, -0.25) is 9.78 Å². The minimum Gasteiger partial charge on any atom is -0.366 e. The topological polar surface area (TPSA) is 71.5 Å². The first-order chi connectivity index (χ1) is 7.63. The van der Waals surface area contributed by atoms with Gasteiger partial charge in [-0.1, -0.05) is 0 Å². The predicted octanol–water partition coefficient (Wildman–Crippen LogP) is 0.929. The molecule has 0 aliphatic rings. The summed E-state index contributed by atoms with van der Waals surface area (Å²) >= 11 is 3.22. The van der Waals surface area contributed by atoms with Crippen LogP contribution in [-0.4, -0.2) is 35.4 Å². The van der Waals surface area contributed by atoms with Crippen LogP contribution in [-0.2, 0) is 4.74 Å². The van der Waals surface area contributed by atoms with Crippen LogP contribution >= 0.6 is 15.9 Å². The molecule has 0 saturated carbocycles. The summed E-state index contributed by atoms with van der Waals surface area (Å²) < 4.78 is 5.60. The van der Waals surface area contributed by atoms with E-state index >= 15 is 0 Å². The molecule has 5 nitrogen and oxygen atoms in total. The molecule has 0 radical (unpaired) electrons. The molecule has 0 spiro atoms. The molecule has 0 aliphatic heterocycles. The fraction of sp³-hybridized carbons (Fsp3) is 0.400. The first kappa shape index (κ1) is 13.1. The number of aliphatic hydroxyl groups is 1. The lowest BCUT2D eigenvalue weighted by molar-refractivity contribution is -0.0900. The van der Waals surface area contributed by atoms with Gasteiger partial charge in [0.2, 0.25) is 0 Å². The molecule has 0 fully saturated rings. The zero-order chi connectivity index (χ0) is 12.0. The molecular weight excluding hydrogens is 276 g/mol. The summed E-state index contributed by atoms with van der Waals surface area (Å²) in [7, 11) is 0. The number of carbonyl (C=O) groups is 1. The molecule has 16 heavy (non-hydrogen) atoms. The van der Waals surface area contributed by atoms with Crippen molar-refractivity contribution < 1.29 is 14.6 Å². The van der Waals surface area contributed by atoms with Gasteiger partial charge in [-0.2, -0.15) is 0 Å². The van der Waals surface area contributed by atoms with E-state index < -0.39 is 6.29 Å². The van der Waals surface area contributed by atoms with Crippen LogP contribution in [0.1, 0.15) is 17.3 Å². The zero-order valence-corrected chi connectivity index (χ0v) is 10.4.